The second-order valence-electron chi connectivity index (χ2n) is 5.70. The fourth-order valence-electron chi connectivity index (χ4n) is 2.61. The first-order valence-electron chi connectivity index (χ1n) is 8.12. The van der Waals surface area contributed by atoms with E-state index in [9.17, 15) is 4.79 Å². The maximum atomic E-state index is 12.7. The van der Waals surface area contributed by atoms with E-state index in [1.165, 1.54) is 7.11 Å². The number of carbonyl (C=O) groups excluding carboxylic acids is 1. The zero-order valence-electron chi connectivity index (χ0n) is 14.8. The third kappa shape index (κ3) is 3.66. The molecule has 2 aromatic carbocycles. The maximum Gasteiger partial charge on any atom is 0.255 e. The average Bonchev–Trinajstić information content (AvgIpc) is 3.22. The van der Waals surface area contributed by atoms with E-state index in [-0.39, 0.29) is 11.9 Å². The summed E-state index contributed by atoms with van der Waals surface area (Å²) in [6.45, 7) is 1.93. The molecule has 1 aromatic heterocycles. The molecule has 0 radical (unpaired) electrons. The molecule has 134 valence electrons. The summed E-state index contributed by atoms with van der Waals surface area (Å²) in [6, 6.07) is 12.7. The van der Waals surface area contributed by atoms with Crippen LogP contribution in [-0.2, 0) is 0 Å². The average molecular weight is 352 g/mol. The Morgan fingerprint density at radius 3 is 2.50 bits per heavy atom. The summed E-state index contributed by atoms with van der Waals surface area (Å²) in [5, 5.41) is 10.7. The third-order valence-corrected chi connectivity index (χ3v) is 4.08. The van der Waals surface area contributed by atoms with Crippen molar-refractivity contribution in [3.8, 4) is 17.2 Å². The molecule has 3 aromatic rings. The van der Waals surface area contributed by atoms with Crippen LogP contribution in [0.3, 0.4) is 0 Å². The summed E-state index contributed by atoms with van der Waals surface area (Å²) in [6.07, 6.45) is 3.40. The number of carbonyl (C=O) groups is 1. The highest BCUT2D eigenvalue weighted by Crippen LogP contribution is 2.25. The summed E-state index contributed by atoms with van der Waals surface area (Å²) in [7, 11) is 3.09. The predicted molar refractivity (Wildman–Crippen MR) is 96.8 cm³/mol. The zero-order chi connectivity index (χ0) is 18.5. The van der Waals surface area contributed by atoms with Crippen molar-refractivity contribution in [2.24, 2.45) is 0 Å². The van der Waals surface area contributed by atoms with Crippen LogP contribution in [0.4, 0.5) is 0 Å². The van der Waals surface area contributed by atoms with Crippen LogP contribution in [0.15, 0.2) is 54.9 Å². The van der Waals surface area contributed by atoms with Gasteiger partial charge in [-0.3, -0.25) is 4.79 Å². The first-order chi connectivity index (χ1) is 12.6. The van der Waals surface area contributed by atoms with Crippen LogP contribution in [0.5, 0.6) is 11.5 Å². The quantitative estimate of drug-likeness (QED) is 0.738. The number of methoxy groups -OCH3 is 2. The van der Waals surface area contributed by atoms with Gasteiger partial charge in [-0.15, -0.1) is 5.10 Å². The van der Waals surface area contributed by atoms with E-state index in [1.54, 1.807) is 42.4 Å². The smallest absolute Gasteiger partial charge is 0.255 e. The molecule has 7 heteroatoms. The molecule has 1 amide bonds. The molecule has 0 fully saturated rings. The van der Waals surface area contributed by atoms with Gasteiger partial charge in [-0.05, 0) is 42.8 Å². The van der Waals surface area contributed by atoms with E-state index < -0.39 is 0 Å². The molecule has 26 heavy (non-hydrogen) atoms. The van der Waals surface area contributed by atoms with Crippen molar-refractivity contribution in [3.63, 3.8) is 0 Å². The largest absolute Gasteiger partial charge is 0.497 e. The number of rotatable bonds is 6. The van der Waals surface area contributed by atoms with Gasteiger partial charge in [0.2, 0.25) is 0 Å². The summed E-state index contributed by atoms with van der Waals surface area (Å²) in [5.74, 6) is 0.867. The lowest BCUT2D eigenvalue weighted by Crippen LogP contribution is -2.27. The Bertz CT molecular complexity index is 876. The minimum absolute atomic E-state index is 0.178. The number of benzene rings is 2. The molecule has 0 bridgehead atoms. The highest BCUT2D eigenvalue weighted by molar-refractivity contribution is 5.97. The first-order valence-corrected chi connectivity index (χ1v) is 8.12. The van der Waals surface area contributed by atoms with Gasteiger partial charge < -0.3 is 14.8 Å². The van der Waals surface area contributed by atoms with Crippen LogP contribution in [0.25, 0.3) is 5.69 Å². The van der Waals surface area contributed by atoms with Gasteiger partial charge in [0.05, 0.1) is 43.9 Å². The Hall–Kier alpha value is -3.35. The van der Waals surface area contributed by atoms with E-state index >= 15 is 0 Å². The number of hydrogen-bond donors (Lipinski definition) is 1. The molecule has 0 aliphatic carbocycles. The lowest BCUT2D eigenvalue weighted by atomic mass is 10.1. The van der Waals surface area contributed by atoms with Crippen LogP contribution in [0, 0.1) is 0 Å². The van der Waals surface area contributed by atoms with E-state index in [0.29, 0.717) is 17.1 Å². The van der Waals surface area contributed by atoms with Gasteiger partial charge >= 0.3 is 0 Å². The van der Waals surface area contributed by atoms with E-state index in [1.807, 2.05) is 31.2 Å². The number of hydrogen-bond acceptors (Lipinski definition) is 5. The molecule has 0 unspecified atom stereocenters. The Balaban J connectivity index is 1.75. The number of amides is 1. The van der Waals surface area contributed by atoms with Crippen molar-refractivity contribution >= 4 is 5.91 Å². The van der Waals surface area contributed by atoms with Gasteiger partial charge in [0.1, 0.15) is 11.5 Å². The highest BCUT2D eigenvalue weighted by Gasteiger charge is 2.16. The molecule has 1 N–H and O–H groups in total. The normalized spacial score (nSPS) is 11.7. The van der Waals surface area contributed by atoms with Crippen molar-refractivity contribution in [3.05, 3.63) is 66.0 Å². The molecule has 0 aliphatic rings. The maximum absolute atomic E-state index is 12.7. The Labute approximate surface area is 151 Å². The van der Waals surface area contributed by atoms with Crippen LogP contribution in [0.1, 0.15) is 28.9 Å². The molecular formula is C19H20N4O3. The molecule has 0 saturated carbocycles. The second-order valence-corrected chi connectivity index (χ2v) is 5.70. The molecule has 0 saturated heterocycles. The number of nitrogens with zero attached hydrogens (tertiary/aromatic N) is 3. The molecule has 1 heterocycles. The summed E-state index contributed by atoms with van der Waals surface area (Å²) < 4.78 is 12.1. The van der Waals surface area contributed by atoms with Gasteiger partial charge in [0, 0.05) is 0 Å². The minimum Gasteiger partial charge on any atom is -0.497 e. The lowest BCUT2D eigenvalue weighted by Gasteiger charge is -2.16. The van der Waals surface area contributed by atoms with Crippen LogP contribution in [-0.4, -0.2) is 35.1 Å². The summed E-state index contributed by atoms with van der Waals surface area (Å²) in [5.41, 5.74) is 2.31. The van der Waals surface area contributed by atoms with Gasteiger partial charge in [0.25, 0.3) is 5.91 Å². The van der Waals surface area contributed by atoms with Crippen molar-refractivity contribution in [2.45, 2.75) is 13.0 Å². The van der Waals surface area contributed by atoms with Gasteiger partial charge in [0.15, 0.2) is 0 Å². The first kappa shape index (κ1) is 17.5. The summed E-state index contributed by atoms with van der Waals surface area (Å²) in [4.78, 5) is 12.7. The monoisotopic (exact) mass is 352 g/mol. The number of nitrogens with one attached hydrogen (secondary N) is 1. The van der Waals surface area contributed by atoms with E-state index in [2.05, 4.69) is 15.6 Å². The number of aromatic nitrogens is 3. The van der Waals surface area contributed by atoms with Crippen LogP contribution >= 0.6 is 0 Å². The molecule has 7 nitrogen and oxygen atoms in total. The number of ether oxygens (including phenoxy) is 2. The Kier molecular flexibility index (Phi) is 5.17. The van der Waals surface area contributed by atoms with Gasteiger partial charge in [-0.1, -0.05) is 17.3 Å². The highest BCUT2D eigenvalue weighted by atomic mass is 16.5. The molecule has 0 spiro atoms. The van der Waals surface area contributed by atoms with E-state index in [0.717, 1.165) is 11.3 Å². The topological polar surface area (TPSA) is 78.3 Å². The minimum atomic E-state index is -0.228. The fraction of sp³-hybridized carbons (Fsp3) is 0.211. The third-order valence-electron chi connectivity index (χ3n) is 4.08. The standard InChI is InChI=1S/C19H20N4O3/c1-13(14-4-6-15(7-5-14)23-11-10-20-22-23)21-19(24)17-12-16(25-2)8-9-18(17)26-3/h4-13H,1-3H3,(H,21,24)/t13-/m0/s1. The Morgan fingerprint density at radius 1 is 1.12 bits per heavy atom. The molecule has 3 rings (SSSR count). The second kappa shape index (κ2) is 7.69. The molecule has 1 atom stereocenters. The lowest BCUT2D eigenvalue weighted by molar-refractivity contribution is 0.0936. The fourth-order valence-corrected chi connectivity index (χ4v) is 2.61. The predicted octanol–water partition coefficient (Wildman–Crippen LogP) is 2.78. The molecule has 0 aliphatic heterocycles. The Morgan fingerprint density at radius 2 is 1.88 bits per heavy atom. The molecular weight excluding hydrogens is 332 g/mol. The van der Waals surface area contributed by atoms with Crippen molar-refractivity contribution in [1.82, 2.24) is 20.3 Å². The van der Waals surface area contributed by atoms with Crippen molar-refractivity contribution in [2.75, 3.05) is 14.2 Å². The van der Waals surface area contributed by atoms with Crippen molar-refractivity contribution < 1.29 is 14.3 Å². The SMILES string of the molecule is COc1ccc(OC)c(C(=O)N[C@@H](C)c2ccc(-n3ccnn3)cc2)c1. The van der Waals surface area contributed by atoms with E-state index in [4.69, 9.17) is 9.47 Å². The van der Waals surface area contributed by atoms with Crippen LogP contribution in [0.2, 0.25) is 0 Å². The van der Waals surface area contributed by atoms with Gasteiger partial charge in [-0.25, -0.2) is 4.68 Å². The van der Waals surface area contributed by atoms with Gasteiger partial charge in [-0.2, -0.15) is 0 Å². The van der Waals surface area contributed by atoms with Crippen molar-refractivity contribution in [1.29, 1.82) is 0 Å². The zero-order valence-corrected chi connectivity index (χ0v) is 14.8. The van der Waals surface area contributed by atoms with Crippen LogP contribution < -0.4 is 14.8 Å². The summed E-state index contributed by atoms with van der Waals surface area (Å²) >= 11 is 0.